The van der Waals surface area contributed by atoms with Gasteiger partial charge in [-0.1, -0.05) is 6.07 Å². The van der Waals surface area contributed by atoms with Crippen molar-refractivity contribution in [3.05, 3.63) is 35.1 Å². The predicted octanol–water partition coefficient (Wildman–Crippen LogP) is 1.15. The predicted molar refractivity (Wildman–Crippen MR) is 80.6 cm³/mol. The maximum atomic E-state index is 13.2. The Morgan fingerprint density at radius 3 is 2.82 bits per heavy atom. The van der Waals surface area contributed by atoms with Gasteiger partial charge in [-0.05, 0) is 30.2 Å². The molecule has 1 aliphatic rings. The molecule has 0 aromatic heterocycles. The Bertz CT molecular complexity index is 660. The molecule has 0 amide bonds. The van der Waals surface area contributed by atoms with Crippen molar-refractivity contribution in [2.24, 2.45) is 5.92 Å². The van der Waals surface area contributed by atoms with Crippen LogP contribution in [0.15, 0.2) is 18.2 Å². The molecule has 0 bridgehead atoms. The van der Waals surface area contributed by atoms with Gasteiger partial charge in [-0.3, -0.25) is 9.69 Å². The van der Waals surface area contributed by atoms with Gasteiger partial charge in [0, 0.05) is 19.6 Å². The molecule has 0 aliphatic carbocycles. The highest BCUT2D eigenvalue weighted by Gasteiger charge is 2.32. The molecule has 1 saturated heterocycles. The average molecular weight is 329 g/mol. The minimum absolute atomic E-state index is 0.0146. The topological polar surface area (TPSA) is 63.7 Å². The molecule has 0 unspecified atom stereocenters. The van der Waals surface area contributed by atoms with E-state index in [2.05, 4.69) is 0 Å². The third-order valence-corrected chi connectivity index (χ3v) is 5.60. The Balaban J connectivity index is 2.17. The van der Waals surface area contributed by atoms with Crippen LogP contribution in [0.5, 0.6) is 0 Å². The summed E-state index contributed by atoms with van der Waals surface area (Å²) in [5.74, 6) is -1.66. The van der Waals surface area contributed by atoms with E-state index in [1.165, 1.54) is 19.2 Å². The number of aryl methyl sites for hydroxylation is 1. The molecular weight excluding hydrogens is 309 g/mol. The quantitative estimate of drug-likeness (QED) is 0.779. The molecule has 1 atom stereocenters. The highest BCUT2D eigenvalue weighted by Crippen LogP contribution is 2.18. The van der Waals surface area contributed by atoms with Crippen molar-refractivity contribution in [3.8, 4) is 0 Å². The monoisotopic (exact) mass is 329 g/mol. The number of ether oxygens (including phenoxy) is 1. The number of sulfone groups is 1. The number of nitrogens with zero attached hydrogens (tertiary/aromatic N) is 1. The molecule has 1 fully saturated rings. The van der Waals surface area contributed by atoms with E-state index < -0.39 is 21.7 Å². The van der Waals surface area contributed by atoms with Gasteiger partial charge in [0.2, 0.25) is 0 Å². The van der Waals surface area contributed by atoms with Crippen molar-refractivity contribution in [2.45, 2.75) is 13.5 Å². The van der Waals surface area contributed by atoms with Crippen LogP contribution in [0.4, 0.5) is 4.39 Å². The van der Waals surface area contributed by atoms with Gasteiger partial charge in [-0.25, -0.2) is 12.8 Å². The first kappa shape index (κ1) is 16.9. The third kappa shape index (κ3) is 4.27. The molecule has 1 aromatic rings. The van der Waals surface area contributed by atoms with Crippen LogP contribution in [-0.2, 0) is 25.9 Å². The van der Waals surface area contributed by atoms with Crippen LogP contribution < -0.4 is 0 Å². The molecule has 2 rings (SSSR count). The minimum Gasteiger partial charge on any atom is -0.469 e. The Kier molecular flexibility index (Phi) is 5.18. The summed E-state index contributed by atoms with van der Waals surface area (Å²) < 4.78 is 41.7. The standard InChI is InChI=1S/C15H20FNO4S/c1-11-7-14(16)4-3-12(11)8-17-5-6-22(19,20)10-13(9-17)15(18)21-2/h3-4,7,13H,5-6,8-10H2,1-2H3/t13-/m0/s1. The number of esters is 1. The van der Waals surface area contributed by atoms with E-state index in [-0.39, 0.29) is 17.3 Å². The van der Waals surface area contributed by atoms with Gasteiger partial charge < -0.3 is 4.74 Å². The van der Waals surface area contributed by atoms with Crippen molar-refractivity contribution in [2.75, 3.05) is 31.7 Å². The van der Waals surface area contributed by atoms with Crippen LogP contribution in [0, 0.1) is 18.7 Å². The lowest BCUT2D eigenvalue weighted by Crippen LogP contribution is -2.34. The molecule has 122 valence electrons. The second-order valence-corrected chi connectivity index (χ2v) is 7.87. The third-order valence-electron chi connectivity index (χ3n) is 3.89. The molecule has 0 spiro atoms. The second-order valence-electron chi connectivity index (χ2n) is 5.64. The number of rotatable bonds is 3. The summed E-state index contributed by atoms with van der Waals surface area (Å²) in [4.78, 5) is 13.7. The molecule has 5 nitrogen and oxygen atoms in total. The Labute approximate surface area is 130 Å². The molecule has 22 heavy (non-hydrogen) atoms. The molecular formula is C15H20FNO4S. The maximum absolute atomic E-state index is 13.2. The highest BCUT2D eigenvalue weighted by molar-refractivity contribution is 7.91. The van der Waals surface area contributed by atoms with E-state index in [1.807, 2.05) is 11.8 Å². The maximum Gasteiger partial charge on any atom is 0.310 e. The summed E-state index contributed by atoms with van der Waals surface area (Å²) in [6.07, 6.45) is 0. The van der Waals surface area contributed by atoms with Crippen molar-refractivity contribution in [1.82, 2.24) is 4.90 Å². The minimum atomic E-state index is -3.27. The van der Waals surface area contributed by atoms with Crippen LogP contribution in [0.1, 0.15) is 11.1 Å². The first-order valence-corrected chi connectivity index (χ1v) is 8.88. The Morgan fingerprint density at radius 2 is 2.18 bits per heavy atom. The first-order valence-electron chi connectivity index (χ1n) is 7.06. The Morgan fingerprint density at radius 1 is 1.45 bits per heavy atom. The van der Waals surface area contributed by atoms with Gasteiger partial charge in [0.05, 0.1) is 24.5 Å². The lowest BCUT2D eigenvalue weighted by Gasteiger charge is -2.23. The largest absolute Gasteiger partial charge is 0.469 e. The first-order chi connectivity index (χ1) is 10.3. The smallest absolute Gasteiger partial charge is 0.310 e. The van der Waals surface area contributed by atoms with Crippen molar-refractivity contribution in [3.63, 3.8) is 0 Å². The molecule has 0 saturated carbocycles. The van der Waals surface area contributed by atoms with Crippen LogP contribution >= 0.6 is 0 Å². The van der Waals surface area contributed by atoms with Crippen molar-refractivity contribution < 1.29 is 22.3 Å². The number of carbonyl (C=O) groups is 1. The lowest BCUT2D eigenvalue weighted by atomic mass is 10.1. The van der Waals surface area contributed by atoms with Crippen LogP contribution in [0.2, 0.25) is 0 Å². The molecule has 0 N–H and O–H groups in total. The van der Waals surface area contributed by atoms with Crippen molar-refractivity contribution in [1.29, 1.82) is 0 Å². The normalized spacial score (nSPS) is 22.0. The summed E-state index contributed by atoms with van der Waals surface area (Å²) in [6, 6.07) is 4.52. The van der Waals surface area contributed by atoms with Gasteiger partial charge >= 0.3 is 5.97 Å². The molecule has 1 aliphatic heterocycles. The SMILES string of the molecule is COC(=O)[C@H]1CN(Cc2ccc(F)cc2C)CCS(=O)(=O)C1. The van der Waals surface area contributed by atoms with Crippen molar-refractivity contribution >= 4 is 15.8 Å². The number of hydrogen-bond acceptors (Lipinski definition) is 5. The van der Waals surface area contributed by atoms with Crippen LogP contribution in [-0.4, -0.2) is 51.0 Å². The van der Waals surface area contributed by atoms with Gasteiger partial charge in [0.25, 0.3) is 0 Å². The van der Waals surface area contributed by atoms with E-state index in [4.69, 9.17) is 4.74 Å². The zero-order valence-electron chi connectivity index (χ0n) is 12.7. The fourth-order valence-corrected chi connectivity index (χ4v) is 4.20. The summed E-state index contributed by atoms with van der Waals surface area (Å²) in [6.45, 7) is 2.97. The summed E-state index contributed by atoms with van der Waals surface area (Å²) >= 11 is 0. The number of benzene rings is 1. The van der Waals surface area contributed by atoms with E-state index in [9.17, 15) is 17.6 Å². The highest BCUT2D eigenvalue weighted by atomic mass is 32.2. The number of hydrogen-bond donors (Lipinski definition) is 0. The molecule has 1 heterocycles. The van der Waals surface area contributed by atoms with E-state index in [1.54, 1.807) is 6.07 Å². The van der Waals surface area contributed by atoms with Crippen LogP contribution in [0.3, 0.4) is 0 Å². The van der Waals surface area contributed by atoms with Gasteiger partial charge in [-0.2, -0.15) is 0 Å². The van der Waals surface area contributed by atoms with E-state index in [0.717, 1.165) is 11.1 Å². The lowest BCUT2D eigenvalue weighted by molar-refractivity contribution is -0.145. The fourth-order valence-electron chi connectivity index (χ4n) is 2.64. The summed E-state index contributed by atoms with van der Waals surface area (Å²) in [5, 5.41) is 0. The average Bonchev–Trinajstić information content (AvgIpc) is 2.60. The van der Waals surface area contributed by atoms with Gasteiger partial charge in [0.1, 0.15) is 5.82 Å². The van der Waals surface area contributed by atoms with Gasteiger partial charge in [-0.15, -0.1) is 0 Å². The summed E-state index contributed by atoms with van der Waals surface area (Å²) in [7, 11) is -2.01. The van der Waals surface area contributed by atoms with Gasteiger partial charge in [0.15, 0.2) is 9.84 Å². The number of methoxy groups -OCH3 is 1. The molecule has 1 aromatic carbocycles. The zero-order chi connectivity index (χ0) is 16.3. The second kappa shape index (κ2) is 6.75. The zero-order valence-corrected chi connectivity index (χ0v) is 13.5. The fraction of sp³-hybridized carbons (Fsp3) is 0.533. The number of halogens is 1. The Hall–Kier alpha value is -1.47. The summed E-state index contributed by atoms with van der Waals surface area (Å²) in [5.41, 5.74) is 1.73. The van der Waals surface area contributed by atoms with E-state index in [0.29, 0.717) is 19.6 Å². The molecule has 7 heteroatoms. The van der Waals surface area contributed by atoms with E-state index >= 15 is 0 Å². The van der Waals surface area contributed by atoms with Crippen LogP contribution in [0.25, 0.3) is 0 Å². The molecule has 0 radical (unpaired) electrons. The number of carbonyl (C=O) groups excluding carboxylic acids is 1.